The Bertz CT molecular complexity index is 437. The van der Waals surface area contributed by atoms with Crippen LogP contribution in [-0.4, -0.2) is 18.9 Å². The van der Waals surface area contributed by atoms with Crippen molar-refractivity contribution < 1.29 is 0 Å². The number of fused-ring (bicyclic) bond motifs is 1. The highest BCUT2D eigenvalue weighted by Gasteiger charge is 2.24. The predicted molar refractivity (Wildman–Crippen MR) is 77.3 cm³/mol. The number of benzene rings is 1. The van der Waals surface area contributed by atoms with Crippen LogP contribution in [0.25, 0.3) is 0 Å². The quantitative estimate of drug-likeness (QED) is 0.633. The molecule has 1 aliphatic rings. The van der Waals surface area contributed by atoms with Crippen LogP contribution < -0.4 is 10.6 Å². The van der Waals surface area contributed by atoms with E-state index in [1.54, 1.807) is 0 Å². The van der Waals surface area contributed by atoms with Gasteiger partial charge in [-0.1, -0.05) is 32.0 Å². The van der Waals surface area contributed by atoms with E-state index in [1.807, 2.05) is 13.8 Å². The third-order valence-corrected chi connectivity index (χ3v) is 3.94. The van der Waals surface area contributed by atoms with E-state index >= 15 is 0 Å². The Labute approximate surface area is 109 Å². The fraction of sp³-hybridized carbons (Fsp3) is 0.533. The van der Waals surface area contributed by atoms with Crippen molar-refractivity contribution in [2.45, 2.75) is 33.1 Å². The van der Waals surface area contributed by atoms with Crippen LogP contribution in [0.3, 0.4) is 0 Å². The zero-order valence-electron chi connectivity index (χ0n) is 11.4. The van der Waals surface area contributed by atoms with E-state index in [0.717, 1.165) is 19.5 Å². The summed E-state index contributed by atoms with van der Waals surface area (Å²) in [6.07, 6.45) is 3.33. The van der Waals surface area contributed by atoms with Crippen molar-refractivity contribution >= 4 is 11.5 Å². The smallest absolute Gasteiger partial charge is 0.0963 e. The molecule has 0 radical (unpaired) electrons. The molecule has 0 bridgehead atoms. The first-order valence-corrected chi connectivity index (χ1v) is 6.68. The summed E-state index contributed by atoms with van der Waals surface area (Å²) < 4.78 is 0. The van der Waals surface area contributed by atoms with Crippen molar-refractivity contribution in [2.24, 2.45) is 11.1 Å². The molecular formula is C15H23N3. The van der Waals surface area contributed by atoms with Gasteiger partial charge in [-0.25, -0.2) is 0 Å². The van der Waals surface area contributed by atoms with Crippen molar-refractivity contribution in [1.29, 1.82) is 5.41 Å². The van der Waals surface area contributed by atoms with Crippen LogP contribution in [0.15, 0.2) is 24.3 Å². The molecule has 98 valence electrons. The first-order valence-electron chi connectivity index (χ1n) is 6.68. The van der Waals surface area contributed by atoms with Crippen molar-refractivity contribution in [3.05, 3.63) is 29.8 Å². The lowest BCUT2D eigenvalue weighted by molar-refractivity contribution is 0.462. The number of hydrogen-bond acceptors (Lipinski definition) is 2. The summed E-state index contributed by atoms with van der Waals surface area (Å²) in [6.45, 7) is 6.19. The number of amidine groups is 1. The van der Waals surface area contributed by atoms with E-state index in [0.29, 0.717) is 0 Å². The largest absolute Gasteiger partial charge is 0.387 e. The molecule has 18 heavy (non-hydrogen) atoms. The molecule has 2 rings (SSSR count). The van der Waals surface area contributed by atoms with Gasteiger partial charge in [0.05, 0.1) is 5.84 Å². The van der Waals surface area contributed by atoms with E-state index in [9.17, 15) is 0 Å². The highest BCUT2D eigenvalue weighted by molar-refractivity contribution is 5.82. The van der Waals surface area contributed by atoms with Crippen molar-refractivity contribution in [3.8, 4) is 0 Å². The molecule has 0 saturated carbocycles. The van der Waals surface area contributed by atoms with E-state index in [2.05, 4.69) is 29.2 Å². The van der Waals surface area contributed by atoms with Gasteiger partial charge in [0.25, 0.3) is 0 Å². The van der Waals surface area contributed by atoms with Gasteiger partial charge in [-0.2, -0.15) is 0 Å². The maximum absolute atomic E-state index is 7.62. The zero-order chi connectivity index (χ0) is 13.2. The molecule has 0 amide bonds. The number of nitrogens with zero attached hydrogens (tertiary/aromatic N) is 1. The van der Waals surface area contributed by atoms with E-state index < -0.39 is 0 Å². The lowest BCUT2D eigenvalue weighted by Crippen LogP contribution is -2.37. The van der Waals surface area contributed by atoms with E-state index in [4.69, 9.17) is 11.1 Å². The number of hydrogen-bond donors (Lipinski definition) is 2. The number of nitrogens with two attached hydrogens (primary N) is 1. The van der Waals surface area contributed by atoms with E-state index in [-0.39, 0.29) is 11.3 Å². The molecule has 0 saturated heterocycles. The monoisotopic (exact) mass is 245 g/mol. The van der Waals surface area contributed by atoms with Gasteiger partial charge in [-0.05, 0) is 30.9 Å². The summed E-state index contributed by atoms with van der Waals surface area (Å²) in [5, 5.41) is 7.62. The summed E-state index contributed by atoms with van der Waals surface area (Å²) in [5.74, 6) is 0.285. The van der Waals surface area contributed by atoms with Gasteiger partial charge in [0.1, 0.15) is 0 Å². The Kier molecular flexibility index (Phi) is 3.60. The highest BCUT2D eigenvalue weighted by atomic mass is 15.1. The standard InChI is InChI=1S/C15H23N3/c1-15(2,14(16)17)9-11-18-10-5-7-12-6-3-4-8-13(12)18/h3-4,6,8H,5,7,9-11H2,1-2H3,(H3,16,17). The average molecular weight is 245 g/mol. The van der Waals surface area contributed by atoms with Crippen LogP contribution >= 0.6 is 0 Å². The number of aryl methyl sites for hydroxylation is 1. The first kappa shape index (κ1) is 12.9. The molecule has 3 N–H and O–H groups in total. The van der Waals surface area contributed by atoms with Gasteiger partial charge in [0.15, 0.2) is 0 Å². The molecule has 3 nitrogen and oxygen atoms in total. The summed E-state index contributed by atoms with van der Waals surface area (Å²) in [4.78, 5) is 2.43. The summed E-state index contributed by atoms with van der Waals surface area (Å²) in [6, 6.07) is 8.64. The van der Waals surface area contributed by atoms with Crippen molar-refractivity contribution in [1.82, 2.24) is 0 Å². The Morgan fingerprint density at radius 3 is 2.83 bits per heavy atom. The minimum Gasteiger partial charge on any atom is -0.387 e. The number of rotatable bonds is 4. The Morgan fingerprint density at radius 1 is 1.39 bits per heavy atom. The topological polar surface area (TPSA) is 53.1 Å². The fourth-order valence-corrected chi connectivity index (χ4v) is 2.39. The minimum atomic E-state index is -0.202. The molecule has 0 unspecified atom stereocenters. The lowest BCUT2D eigenvalue weighted by atomic mass is 9.87. The number of para-hydroxylation sites is 1. The Morgan fingerprint density at radius 2 is 2.11 bits per heavy atom. The molecule has 0 aliphatic carbocycles. The van der Waals surface area contributed by atoms with E-state index in [1.165, 1.54) is 24.1 Å². The minimum absolute atomic E-state index is 0.202. The van der Waals surface area contributed by atoms with Crippen LogP contribution in [0.1, 0.15) is 32.3 Å². The van der Waals surface area contributed by atoms with Gasteiger partial charge in [-0.15, -0.1) is 0 Å². The molecule has 0 spiro atoms. The molecule has 1 aromatic carbocycles. The van der Waals surface area contributed by atoms with Gasteiger partial charge >= 0.3 is 0 Å². The summed E-state index contributed by atoms with van der Waals surface area (Å²) >= 11 is 0. The predicted octanol–water partition coefficient (Wildman–Crippen LogP) is 2.79. The second-order valence-corrected chi connectivity index (χ2v) is 5.77. The third-order valence-electron chi connectivity index (χ3n) is 3.94. The van der Waals surface area contributed by atoms with Crippen LogP contribution in [0.2, 0.25) is 0 Å². The summed E-state index contributed by atoms with van der Waals surface area (Å²) in [7, 11) is 0. The zero-order valence-corrected chi connectivity index (χ0v) is 11.4. The van der Waals surface area contributed by atoms with Crippen LogP contribution in [0.5, 0.6) is 0 Å². The van der Waals surface area contributed by atoms with Gasteiger partial charge < -0.3 is 10.6 Å². The van der Waals surface area contributed by atoms with Crippen LogP contribution in [-0.2, 0) is 6.42 Å². The second kappa shape index (κ2) is 5.01. The molecule has 0 aromatic heterocycles. The van der Waals surface area contributed by atoms with Crippen LogP contribution in [0, 0.1) is 10.8 Å². The molecule has 1 aromatic rings. The van der Waals surface area contributed by atoms with Crippen LogP contribution in [0.4, 0.5) is 5.69 Å². The second-order valence-electron chi connectivity index (χ2n) is 5.77. The summed E-state index contributed by atoms with van der Waals surface area (Å²) in [5.41, 5.74) is 8.26. The average Bonchev–Trinajstić information content (AvgIpc) is 2.36. The third kappa shape index (κ3) is 2.66. The Hall–Kier alpha value is -1.51. The maximum Gasteiger partial charge on any atom is 0.0963 e. The first-order chi connectivity index (χ1) is 8.50. The van der Waals surface area contributed by atoms with Crippen molar-refractivity contribution in [3.63, 3.8) is 0 Å². The van der Waals surface area contributed by atoms with Gasteiger partial charge in [0.2, 0.25) is 0 Å². The lowest BCUT2D eigenvalue weighted by Gasteiger charge is -2.34. The van der Waals surface area contributed by atoms with Crippen molar-refractivity contribution in [2.75, 3.05) is 18.0 Å². The fourth-order valence-electron chi connectivity index (χ4n) is 2.39. The molecule has 0 fully saturated rings. The molecule has 0 atom stereocenters. The van der Waals surface area contributed by atoms with Gasteiger partial charge in [-0.3, -0.25) is 5.41 Å². The van der Waals surface area contributed by atoms with Gasteiger partial charge in [0, 0.05) is 24.2 Å². The Balaban J connectivity index is 2.06. The molecule has 1 aliphatic heterocycles. The molecular weight excluding hydrogens is 222 g/mol. The maximum atomic E-state index is 7.62. The number of nitrogens with one attached hydrogen (secondary N) is 1. The molecule has 1 heterocycles. The normalized spacial score (nSPS) is 15.3. The number of anilines is 1. The highest BCUT2D eigenvalue weighted by Crippen LogP contribution is 2.29. The molecule has 3 heteroatoms. The SMILES string of the molecule is CC(C)(CCN1CCCc2ccccc21)C(=N)N.